The molecule has 0 aliphatic heterocycles. The molecular formula is C30H28BrClN4O5. The summed E-state index contributed by atoms with van der Waals surface area (Å²) in [5.74, 6) is 0.917. The topological polar surface area (TPSA) is 109 Å². The summed E-state index contributed by atoms with van der Waals surface area (Å²) in [6.45, 7) is 2.14. The highest BCUT2D eigenvalue weighted by Gasteiger charge is 2.24. The minimum atomic E-state index is -0.522. The summed E-state index contributed by atoms with van der Waals surface area (Å²) in [6.07, 6.45) is 6.54. The van der Waals surface area contributed by atoms with Gasteiger partial charge in [-0.2, -0.15) is 9.78 Å². The van der Waals surface area contributed by atoms with Crippen LogP contribution in [0.1, 0.15) is 61.9 Å². The number of ether oxygens (including phenoxy) is 2. The average molecular weight is 640 g/mol. The van der Waals surface area contributed by atoms with E-state index in [0.29, 0.717) is 27.3 Å². The van der Waals surface area contributed by atoms with Crippen LogP contribution in [0.2, 0.25) is 5.02 Å². The summed E-state index contributed by atoms with van der Waals surface area (Å²) in [5.41, 5.74) is 1.22. The number of benzene rings is 3. The fourth-order valence-corrected chi connectivity index (χ4v) is 5.48. The number of hydrogen-bond donors (Lipinski definition) is 0. The third kappa shape index (κ3) is 6.60. The van der Waals surface area contributed by atoms with E-state index in [9.17, 15) is 14.9 Å². The van der Waals surface area contributed by atoms with Gasteiger partial charge in [-0.05, 0) is 61.7 Å². The van der Waals surface area contributed by atoms with Gasteiger partial charge < -0.3 is 9.47 Å². The van der Waals surface area contributed by atoms with Gasteiger partial charge in [0.25, 0.3) is 5.56 Å². The van der Waals surface area contributed by atoms with Crippen LogP contribution in [-0.2, 0) is 6.61 Å². The lowest BCUT2D eigenvalue weighted by atomic mass is 9.88. The Kier molecular flexibility index (Phi) is 8.99. The molecule has 0 amide bonds. The molecule has 1 fully saturated rings. The summed E-state index contributed by atoms with van der Waals surface area (Å²) in [7, 11) is 0. The third-order valence-electron chi connectivity index (χ3n) is 6.98. The molecule has 5 rings (SSSR count). The van der Waals surface area contributed by atoms with Crippen molar-refractivity contribution >= 4 is 50.3 Å². The van der Waals surface area contributed by atoms with Gasteiger partial charge in [-0.1, -0.05) is 58.9 Å². The smallest absolute Gasteiger partial charge is 0.315 e. The van der Waals surface area contributed by atoms with Gasteiger partial charge in [0.05, 0.1) is 28.6 Å². The van der Waals surface area contributed by atoms with Crippen molar-refractivity contribution in [1.82, 2.24) is 9.66 Å². The largest absolute Gasteiger partial charge is 0.490 e. The number of nitro groups is 1. The van der Waals surface area contributed by atoms with Crippen LogP contribution in [0.25, 0.3) is 10.9 Å². The Hall–Kier alpha value is -3.76. The fraction of sp³-hybridized carbons (Fsp3) is 0.300. The van der Waals surface area contributed by atoms with E-state index in [4.69, 9.17) is 26.1 Å². The SMILES string of the molecule is CCOc1cc(C=Nn2c(C3CCCCC3)nc3ccc(Br)cc3c2=O)cc([N+](=O)[O-])c1OCc1ccc(Cl)cc1. The molecule has 3 aromatic carbocycles. The van der Waals surface area contributed by atoms with Crippen LogP contribution in [0.15, 0.2) is 69.0 Å². The monoisotopic (exact) mass is 638 g/mol. The summed E-state index contributed by atoms with van der Waals surface area (Å²) >= 11 is 9.40. The van der Waals surface area contributed by atoms with E-state index in [1.807, 2.05) is 12.1 Å². The van der Waals surface area contributed by atoms with Crippen LogP contribution in [0.3, 0.4) is 0 Å². The van der Waals surface area contributed by atoms with Crippen LogP contribution >= 0.6 is 27.5 Å². The maximum absolute atomic E-state index is 13.6. The van der Waals surface area contributed by atoms with Crippen LogP contribution in [0, 0.1) is 10.1 Å². The molecule has 11 heteroatoms. The van der Waals surface area contributed by atoms with E-state index in [0.717, 1.165) is 42.1 Å². The molecular weight excluding hydrogens is 612 g/mol. The first-order chi connectivity index (χ1) is 19.8. The number of nitrogens with zero attached hydrogens (tertiary/aromatic N) is 4. The summed E-state index contributed by atoms with van der Waals surface area (Å²) < 4.78 is 13.7. The molecule has 1 saturated carbocycles. The Morgan fingerprint density at radius 2 is 1.88 bits per heavy atom. The first-order valence-electron chi connectivity index (χ1n) is 13.4. The second-order valence-electron chi connectivity index (χ2n) is 9.80. The Morgan fingerprint density at radius 1 is 1.12 bits per heavy atom. The Morgan fingerprint density at radius 3 is 2.59 bits per heavy atom. The fourth-order valence-electron chi connectivity index (χ4n) is 4.99. The molecule has 41 heavy (non-hydrogen) atoms. The normalized spacial score (nSPS) is 14.0. The van der Waals surface area contributed by atoms with Crippen molar-refractivity contribution in [2.45, 2.75) is 51.6 Å². The summed E-state index contributed by atoms with van der Waals surface area (Å²) in [4.78, 5) is 30.0. The van der Waals surface area contributed by atoms with Crippen LogP contribution in [-0.4, -0.2) is 27.4 Å². The van der Waals surface area contributed by atoms with E-state index in [1.54, 1.807) is 43.3 Å². The van der Waals surface area contributed by atoms with Gasteiger partial charge in [-0.15, -0.1) is 0 Å². The van der Waals surface area contributed by atoms with Crippen LogP contribution in [0.5, 0.6) is 11.5 Å². The lowest BCUT2D eigenvalue weighted by Crippen LogP contribution is -2.25. The predicted molar refractivity (Wildman–Crippen MR) is 163 cm³/mol. The zero-order valence-corrected chi connectivity index (χ0v) is 24.7. The van der Waals surface area contributed by atoms with Crippen molar-refractivity contribution in [3.8, 4) is 11.5 Å². The van der Waals surface area contributed by atoms with Crippen molar-refractivity contribution in [3.63, 3.8) is 0 Å². The molecule has 212 valence electrons. The minimum absolute atomic E-state index is 0.0150. The standard InChI is InChI=1S/C30H28BrClN4O5/c1-2-40-27-15-20(14-26(36(38)39)28(27)41-18-19-8-11-23(32)12-9-19)17-33-35-29(21-6-4-3-5-7-21)34-25-13-10-22(31)16-24(25)30(35)37/h8-17,21H,2-7,18H2,1H3. The molecule has 1 heterocycles. The average Bonchev–Trinajstić information content (AvgIpc) is 2.97. The Balaban J connectivity index is 1.56. The number of rotatable bonds is 9. The van der Waals surface area contributed by atoms with Crippen LogP contribution < -0.4 is 15.0 Å². The number of nitro benzene ring substituents is 1. The van der Waals surface area contributed by atoms with Crippen molar-refractivity contribution in [2.24, 2.45) is 5.10 Å². The lowest BCUT2D eigenvalue weighted by molar-refractivity contribution is -0.386. The van der Waals surface area contributed by atoms with Gasteiger partial charge >= 0.3 is 5.69 Å². The number of halogens is 2. The van der Waals surface area contributed by atoms with Crippen LogP contribution in [0.4, 0.5) is 5.69 Å². The van der Waals surface area contributed by atoms with Crippen molar-refractivity contribution < 1.29 is 14.4 Å². The maximum Gasteiger partial charge on any atom is 0.315 e. The van der Waals surface area contributed by atoms with Gasteiger partial charge in [-0.3, -0.25) is 14.9 Å². The molecule has 0 radical (unpaired) electrons. The predicted octanol–water partition coefficient (Wildman–Crippen LogP) is 7.63. The van der Waals surface area contributed by atoms with Gasteiger partial charge in [0.1, 0.15) is 12.4 Å². The van der Waals surface area contributed by atoms with Crippen molar-refractivity contribution in [2.75, 3.05) is 6.61 Å². The molecule has 1 aromatic heterocycles. The third-order valence-corrected chi connectivity index (χ3v) is 7.72. The second-order valence-corrected chi connectivity index (χ2v) is 11.2. The highest BCUT2D eigenvalue weighted by atomic mass is 79.9. The van der Waals surface area contributed by atoms with E-state index < -0.39 is 4.92 Å². The van der Waals surface area contributed by atoms with Gasteiger partial charge in [0.15, 0.2) is 5.75 Å². The second kappa shape index (κ2) is 12.8. The quantitative estimate of drug-likeness (QED) is 0.106. The zero-order valence-electron chi connectivity index (χ0n) is 22.4. The molecule has 0 bridgehead atoms. The molecule has 1 aliphatic rings. The number of fused-ring (bicyclic) bond motifs is 1. The molecule has 0 atom stereocenters. The molecule has 1 aliphatic carbocycles. The van der Waals surface area contributed by atoms with E-state index in [2.05, 4.69) is 21.0 Å². The highest BCUT2D eigenvalue weighted by molar-refractivity contribution is 9.10. The Labute approximate surface area is 250 Å². The summed E-state index contributed by atoms with van der Waals surface area (Å²) in [6, 6.07) is 15.4. The first kappa shape index (κ1) is 28.8. The van der Waals surface area contributed by atoms with E-state index in [1.165, 1.54) is 17.0 Å². The van der Waals surface area contributed by atoms with Gasteiger partial charge in [0.2, 0.25) is 5.75 Å². The lowest BCUT2D eigenvalue weighted by Gasteiger charge is -2.22. The van der Waals surface area contributed by atoms with Gasteiger partial charge in [-0.25, -0.2) is 4.98 Å². The molecule has 4 aromatic rings. The van der Waals surface area contributed by atoms with Gasteiger partial charge in [0, 0.05) is 27.0 Å². The number of hydrogen-bond acceptors (Lipinski definition) is 7. The molecule has 0 unspecified atom stereocenters. The van der Waals surface area contributed by atoms with Crippen molar-refractivity contribution in [1.29, 1.82) is 0 Å². The maximum atomic E-state index is 13.6. The van der Waals surface area contributed by atoms with E-state index in [-0.39, 0.29) is 41.9 Å². The molecule has 0 saturated heterocycles. The zero-order chi connectivity index (χ0) is 28.9. The summed E-state index contributed by atoms with van der Waals surface area (Å²) in [5, 5.41) is 17.6. The highest BCUT2D eigenvalue weighted by Crippen LogP contribution is 2.39. The number of aromatic nitrogens is 2. The molecule has 9 nitrogen and oxygen atoms in total. The molecule has 0 spiro atoms. The first-order valence-corrected chi connectivity index (χ1v) is 14.6. The van der Waals surface area contributed by atoms with E-state index >= 15 is 0 Å². The Bertz CT molecular complexity index is 1670. The van der Waals surface area contributed by atoms with Crippen molar-refractivity contribution in [3.05, 3.63) is 102 Å². The molecule has 0 N–H and O–H groups in total. The minimum Gasteiger partial charge on any atom is -0.490 e.